The highest BCUT2D eigenvalue weighted by Crippen LogP contribution is 2.33. The van der Waals surface area contributed by atoms with Crippen molar-refractivity contribution in [2.45, 2.75) is 44.1 Å². The number of carbonyl (C=O) groups excluding carboxylic acids is 1. The fourth-order valence-corrected chi connectivity index (χ4v) is 2.92. The summed E-state index contributed by atoms with van der Waals surface area (Å²) in [4.78, 5) is 12.4. The zero-order valence-electron chi connectivity index (χ0n) is 11.9. The van der Waals surface area contributed by atoms with E-state index in [2.05, 4.69) is 11.4 Å². The van der Waals surface area contributed by atoms with Crippen LogP contribution in [0.15, 0.2) is 18.2 Å². The van der Waals surface area contributed by atoms with Crippen LogP contribution < -0.4 is 14.8 Å². The van der Waals surface area contributed by atoms with Gasteiger partial charge in [-0.05, 0) is 31.0 Å². The summed E-state index contributed by atoms with van der Waals surface area (Å²) in [6.45, 7) is 0.183. The van der Waals surface area contributed by atoms with Crippen molar-refractivity contribution in [2.75, 3.05) is 6.79 Å². The molecule has 21 heavy (non-hydrogen) atoms. The number of carbonyl (C=O) groups is 1. The predicted octanol–water partition coefficient (Wildman–Crippen LogP) is 2.76. The third-order valence-corrected chi connectivity index (χ3v) is 4.16. The summed E-state index contributed by atoms with van der Waals surface area (Å²) >= 11 is 0. The summed E-state index contributed by atoms with van der Waals surface area (Å²) in [5.41, 5.74) is -0.234. The molecule has 1 saturated carbocycles. The molecule has 1 aromatic rings. The lowest BCUT2D eigenvalue weighted by atomic mass is 9.91. The quantitative estimate of drug-likeness (QED) is 0.849. The van der Waals surface area contributed by atoms with E-state index in [0.29, 0.717) is 17.1 Å². The topological polar surface area (TPSA) is 71.4 Å². The number of hydrogen-bond donors (Lipinski definition) is 1. The molecule has 5 heteroatoms. The molecule has 0 unspecified atom stereocenters. The van der Waals surface area contributed by atoms with Gasteiger partial charge in [0.2, 0.25) is 6.79 Å². The molecule has 5 nitrogen and oxygen atoms in total. The molecule has 110 valence electrons. The first-order valence-electron chi connectivity index (χ1n) is 7.36. The maximum absolute atomic E-state index is 12.4. The van der Waals surface area contributed by atoms with E-state index in [0.717, 1.165) is 38.5 Å². The van der Waals surface area contributed by atoms with Gasteiger partial charge in [-0.15, -0.1) is 0 Å². The van der Waals surface area contributed by atoms with Gasteiger partial charge in [-0.25, -0.2) is 0 Å². The zero-order chi connectivity index (χ0) is 14.7. The summed E-state index contributed by atoms with van der Waals surface area (Å²) in [5.74, 6) is 1.00. The van der Waals surface area contributed by atoms with Crippen LogP contribution in [0.1, 0.15) is 48.9 Å². The van der Waals surface area contributed by atoms with Crippen molar-refractivity contribution in [1.29, 1.82) is 5.26 Å². The molecule has 0 aromatic heterocycles. The van der Waals surface area contributed by atoms with Crippen molar-refractivity contribution in [3.8, 4) is 17.6 Å². The molecule has 0 saturated heterocycles. The standard InChI is InChI=1S/C16H18N2O3/c17-10-16(7-3-1-2-4-8-16)18-15(19)12-5-6-13-14(9-12)21-11-20-13/h5-6,9H,1-4,7-8,11H2,(H,18,19). The van der Waals surface area contributed by atoms with Crippen LogP contribution in [0.25, 0.3) is 0 Å². The molecule has 3 rings (SSSR count). The Morgan fingerprint density at radius 3 is 2.57 bits per heavy atom. The highest BCUT2D eigenvalue weighted by atomic mass is 16.7. The van der Waals surface area contributed by atoms with E-state index in [1.54, 1.807) is 18.2 Å². The monoisotopic (exact) mass is 286 g/mol. The Morgan fingerprint density at radius 1 is 1.14 bits per heavy atom. The van der Waals surface area contributed by atoms with Crippen LogP contribution in [0.2, 0.25) is 0 Å². The molecule has 1 heterocycles. The second kappa shape index (κ2) is 5.65. The molecule has 0 spiro atoms. The zero-order valence-corrected chi connectivity index (χ0v) is 11.9. The van der Waals surface area contributed by atoms with Crippen LogP contribution in [0.5, 0.6) is 11.5 Å². The smallest absolute Gasteiger partial charge is 0.252 e. The summed E-state index contributed by atoms with van der Waals surface area (Å²) in [7, 11) is 0. The van der Waals surface area contributed by atoms with Gasteiger partial charge in [0.05, 0.1) is 6.07 Å². The molecule has 1 fully saturated rings. The summed E-state index contributed by atoms with van der Waals surface area (Å²) in [6, 6.07) is 7.41. The fourth-order valence-electron chi connectivity index (χ4n) is 2.92. The van der Waals surface area contributed by atoms with Gasteiger partial charge in [0.1, 0.15) is 5.54 Å². The van der Waals surface area contributed by atoms with Gasteiger partial charge in [0.15, 0.2) is 11.5 Å². The van der Waals surface area contributed by atoms with E-state index in [-0.39, 0.29) is 12.7 Å². The number of hydrogen-bond acceptors (Lipinski definition) is 4. The number of rotatable bonds is 2. The molecule has 1 amide bonds. The van der Waals surface area contributed by atoms with Crippen LogP contribution in [-0.4, -0.2) is 18.2 Å². The van der Waals surface area contributed by atoms with Crippen LogP contribution in [0.3, 0.4) is 0 Å². The van der Waals surface area contributed by atoms with E-state index >= 15 is 0 Å². The maximum atomic E-state index is 12.4. The Balaban J connectivity index is 1.77. The second-order valence-electron chi connectivity index (χ2n) is 5.63. The Morgan fingerprint density at radius 2 is 1.86 bits per heavy atom. The van der Waals surface area contributed by atoms with E-state index in [9.17, 15) is 10.1 Å². The first-order valence-corrected chi connectivity index (χ1v) is 7.36. The summed E-state index contributed by atoms with van der Waals surface area (Å²) in [5, 5.41) is 12.4. The van der Waals surface area contributed by atoms with Crippen LogP contribution in [-0.2, 0) is 0 Å². The van der Waals surface area contributed by atoms with Gasteiger partial charge in [0, 0.05) is 5.56 Å². The SMILES string of the molecule is N#CC1(NC(=O)c2ccc3c(c2)OCO3)CCCCCC1. The minimum Gasteiger partial charge on any atom is -0.454 e. The van der Waals surface area contributed by atoms with Crippen molar-refractivity contribution in [3.05, 3.63) is 23.8 Å². The average Bonchev–Trinajstić information content (AvgIpc) is 2.85. The third-order valence-electron chi connectivity index (χ3n) is 4.16. The molecule has 1 aromatic carbocycles. The van der Waals surface area contributed by atoms with Crippen molar-refractivity contribution in [3.63, 3.8) is 0 Å². The Labute approximate surface area is 123 Å². The fraction of sp³-hybridized carbons (Fsp3) is 0.500. The van der Waals surface area contributed by atoms with E-state index in [1.807, 2.05) is 0 Å². The van der Waals surface area contributed by atoms with Crippen LogP contribution in [0, 0.1) is 11.3 Å². The Hall–Kier alpha value is -2.22. The number of benzene rings is 1. The van der Waals surface area contributed by atoms with Gasteiger partial charge in [-0.2, -0.15) is 5.26 Å². The van der Waals surface area contributed by atoms with Gasteiger partial charge in [-0.3, -0.25) is 4.79 Å². The average molecular weight is 286 g/mol. The van der Waals surface area contributed by atoms with E-state index in [4.69, 9.17) is 9.47 Å². The molecule has 1 aliphatic carbocycles. The van der Waals surface area contributed by atoms with E-state index in [1.165, 1.54) is 0 Å². The third kappa shape index (κ3) is 2.80. The van der Waals surface area contributed by atoms with Crippen molar-refractivity contribution in [2.24, 2.45) is 0 Å². The normalized spacial score (nSPS) is 19.4. The number of amides is 1. The molecule has 0 atom stereocenters. The molecule has 2 aliphatic rings. The molecule has 0 radical (unpaired) electrons. The maximum Gasteiger partial charge on any atom is 0.252 e. The molecule has 0 bridgehead atoms. The number of nitriles is 1. The lowest BCUT2D eigenvalue weighted by Crippen LogP contribution is -2.47. The largest absolute Gasteiger partial charge is 0.454 e. The molecular formula is C16H18N2O3. The van der Waals surface area contributed by atoms with Crippen molar-refractivity contribution in [1.82, 2.24) is 5.32 Å². The highest BCUT2D eigenvalue weighted by molar-refractivity contribution is 5.95. The van der Waals surface area contributed by atoms with Crippen molar-refractivity contribution >= 4 is 5.91 Å². The number of nitrogens with zero attached hydrogens (tertiary/aromatic N) is 1. The van der Waals surface area contributed by atoms with Gasteiger partial charge in [0.25, 0.3) is 5.91 Å². The summed E-state index contributed by atoms with van der Waals surface area (Å²) in [6.07, 6.45) is 5.66. The van der Waals surface area contributed by atoms with Crippen LogP contribution in [0.4, 0.5) is 0 Å². The lowest BCUT2D eigenvalue weighted by Gasteiger charge is -2.26. The first-order chi connectivity index (χ1) is 10.2. The molecule has 1 N–H and O–H groups in total. The van der Waals surface area contributed by atoms with E-state index < -0.39 is 5.54 Å². The second-order valence-corrected chi connectivity index (χ2v) is 5.63. The van der Waals surface area contributed by atoms with Crippen molar-refractivity contribution < 1.29 is 14.3 Å². The minimum absolute atomic E-state index is 0.183. The Kier molecular flexibility index (Phi) is 3.70. The number of ether oxygens (including phenoxy) is 2. The summed E-state index contributed by atoms with van der Waals surface area (Å²) < 4.78 is 10.5. The van der Waals surface area contributed by atoms with Gasteiger partial charge in [-0.1, -0.05) is 25.7 Å². The highest BCUT2D eigenvalue weighted by Gasteiger charge is 2.33. The van der Waals surface area contributed by atoms with Gasteiger partial charge < -0.3 is 14.8 Å². The first kappa shape index (κ1) is 13.7. The number of fused-ring (bicyclic) bond motifs is 1. The molecule has 1 aliphatic heterocycles. The number of nitrogens with one attached hydrogen (secondary N) is 1. The Bertz CT molecular complexity index is 584. The lowest BCUT2D eigenvalue weighted by molar-refractivity contribution is 0.0912. The van der Waals surface area contributed by atoms with Crippen LogP contribution >= 0.6 is 0 Å². The predicted molar refractivity (Wildman–Crippen MR) is 76.1 cm³/mol. The van der Waals surface area contributed by atoms with Gasteiger partial charge >= 0.3 is 0 Å². The molecular weight excluding hydrogens is 268 g/mol. The minimum atomic E-state index is -0.732.